The fourth-order valence-corrected chi connectivity index (χ4v) is 1.41. The largest absolute Gasteiger partial charge is 0.344 e. The zero-order valence-corrected chi connectivity index (χ0v) is 8.47. The Kier molecular flexibility index (Phi) is 3.39. The van der Waals surface area contributed by atoms with Gasteiger partial charge in [-0.15, -0.1) is 11.6 Å². The SMILES string of the molecule is CC(Cl)CN(C)C(=O)CC1CC1. The molecule has 0 aromatic rings. The molecule has 0 bridgehead atoms. The molecule has 0 N–H and O–H groups in total. The summed E-state index contributed by atoms with van der Waals surface area (Å²) in [7, 11) is 1.82. The molecule has 2 nitrogen and oxygen atoms in total. The molecule has 0 saturated heterocycles. The summed E-state index contributed by atoms with van der Waals surface area (Å²) in [4.78, 5) is 13.1. The van der Waals surface area contributed by atoms with E-state index in [1.54, 1.807) is 4.90 Å². The van der Waals surface area contributed by atoms with E-state index in [-0.39, 0.29) is 11.3 Å². The van der Waals surface area contributed by atoms with Crippen LogP contribution in [0, 0.1) is 5.92 Å². The lowest BCUT2D eigenvalue weighted by Crippen LogP contribution is -2.31. The van der Waals surface area contributed by atoms with Gasteiger partial charge in [-0.3, -0.25) is 4.79 Å². The molecule has 1 aliphatic carbocycles. The lowest BCUT2D eigenvalue weighted by molar-refractivity contribution is -0.130. The topological polar surface area (TPSA) is 20.3 Å². The van der Waals surface area contributed by atoms with Gasteiger partial charge in [-0.1, -0.05) is 0 Å². The van der Waals surface area contributed by atoms with Gasteiger partial charge in [0.05, 0.1) is 0 Å². The van der Waals surface area contributed by atoms with Gasteiger partial charge < -0.3 is 4.90 Å². The molecule has 1 fully saturated rings. The Labute approximate surface area is 78.9 Å². The van der Waals surface area contributed by atoms with Crippen molar-refractivity contribution in [1.82, 2.24) is 4.90 Å². The summed E-state index contributed by atoms with van der Waals surface area (Å²) in [5, 5.41) is 0.0538. The smallest absolute Gasteiger partial charge is 0.222 e. The van der Waals surface area contributed by atoms with Crippen molar-refractivity contribution in [1.29, 1.82) is 0 Å². The van der Waals surface area contributed by atoms with Gasteiger partial charge in [-0.05, 0) is 25.7 Å². The molecule has 0 aromatic heterocycles. The second-order valence-electron chi connectivity index (χ2n) is 3.70. The molecule has 0 heterocycles. The molecule has 1 aliphatic rings. The van der Waals surface area contributed by atoms with Gasteiger partial charge in [0.1, 0.15) is 0 Å². The summed E-state index contributed by atoms with van der Waals surface area (Å²) in [6, 6.07) is 0. The first-order valence-electron chi connectivity index (χ1n) is 4.47. The van der Waals surface area contributed by atoms with Gasteiger partial charge in [0, 0.05) is 25.4 Å². The van der Waals surface area contributed by atoms with Gasteiger partial charge in [-0.2, -0.15) is 0 Å². The van der Waals surface area contributed by atoms with E-state index in [1.807, 2.05) is 14.0 Å². The minimum Gasteiger partial charge on any atom is -0.344 e. The van der Waals surface area contributed by atoms with E-state index < -0.39 is 0 Å². The quantitative estimate of drug-likeness (QED) is 0.619. The zero-order valence-electron chi connectivity index (χ0n) is 7.72. The van der Waals surface area contributed by atoms with Crippen molar-refractivity contribution in [2.45, 2.75) is 31.6 Å². The minimum absolute atomic E-state index is 0.0538. The van der Waals surface area contributed by atoms with Crippen molar-refractivity contribution in [3.63, 3.8) is 0 Å². The molecule has 12 heavy (non-hydrogen) atoms. The van der Waals surface area contributed by atoms with Crippen LogP contribution in [0.1, 0.15) is 26.2 Å². The number of amides is 1. The number of hydrogen-bond donors (Lipinski definition) is 0. The van der Waals surface area contributed by atoms with Gasteiger partial charge in [0.25, 0.3) is 0 Å². The molecular weight excluding hydrogens is 174 g/mol. The number of rotatable bonds is 4. The first-order chi connectivity index (χ1) is 5.59. The third-order valence-corrected chi connectivity index (χ3v) is 2.25. The standard InChI is InChI=1S/C9H16ClNO/c1-7(10)6-11(2)9(12)5-8-3-4-8/h7-8H,3-6H2,1-2H3. The highest BCUT2D eigenvalue weighted by Gasteiger charge is 2.25. The van der Waals surface area contributed by atoms with Crippen LogP contribution in [0.25, 0.3) is 0 Å². The Morgan fingerprint density at radius 1 is 1.67 bits per heavy atom. The van der Waals surface area contributed by atoms with E-state index in [1.165, 1.54) is 12.8 Å². The average molecular weight is 190 g/mol. The van der Waals surface area contributed by atoms with E-state index in [0.717, 1.165) is 6.42 Å². The number of carbonyl (C=O) groups excluding carboxylic acids is 1. The highest BCUT2D eigenvalue weighted by molar-refractivity contribution is 6.20. The summed E-state index contributed by atoms with van der Waals surface area (Å²) < 4.78 is 0. The van der Waals surface area contributed by atoms with Crippen molar-refractivity contribution in [3.8, 4) is 0 Å². The van der Waals surface area contributed by atoms with Crippen LogP contribution in [0.3, 0.4) is 0 Å². The highest BCUT2D eigenvalue weighted by atomic mass is 35.5. The van der Waals surface area contributed by atoms with Gasteiger partial charge in [0.15, 0.2) is 0 Å². The van der Waals surface area contributed by atoms with E-state index in [2.05, 4.69) is 0 Å². The van der Waals surface area contributed by atoms with Gasteiger partial charge in [-0.25, -0.2) is 0 Å². The van der Waals surface area contributed by atoms with Crippen molar-refractivity contribution in [2.75, 3.05) is 13.6 Å². The molecule has 3 heteroatoms. The van der Waals surface area contributed by atoms with Crippen LogP contribution in [0.2, 0.25) is 0 Å². The summed E-state index contributed by atoms with van der Waals surface area (Å²) in [6.07, 6.45) is 3.19. The predicted molar refractivity (Wildman–Crippen MR) is 50.3 cm³/mol. The van der Waals surface area contributed by atoms with E-state index >= 15 is 0 Å². The van der Waals surface area contributed by atoms with Crippen molar-refractivity contribution in [3.05, 3.63) is 0 Å². The maximum atomic E-state index is 11.4. The molecule has 0 spiro atoms. The summed E-state index contributed by atoms with van der Waals surface area (Å²) in [6.45, 7) is 2.57. The fourth-order valence-electron chi connectivity index (χ4n) is 1.20. The van der Waals surface area contributed by atoms with Gasteiger partial charge >= 0.3 is 0 Å². The molecule has 1 unspecified atom stereocenters. The second kappa shape index (κ2) is 4.13. The monoisotopic (exact) mass is 189 g/mol. The van der Waals surface area contributed by atoms with Crippen LogP contribution in [0.4, 0.5) is 0 Å². The molecule has 1 amide bonds. The molecule has 1 rings (SSSR count). The van der Waals surface area contributed by atoms with E-state index in [0.29, 0.717) is 12.5 Å². The number of hydrogen-bond acceptors (Lipinski definition) is 1. The third kappa shape index (κ3) is 3.44. The molecule has 0 aliphatic heterocycles. The average Bonchev–Trinajstić information content (AvgIpc) is 2.70. The third-order valence-electron chi connectivity index (χ3n) is 2.11. The van der Waals surface area contributed by atoms with Crippen molar-refractivity contribution >= 4 is 17.5 Å². The maximum absolute atomic E-state index is 11.4. The highest BCUT2D eigenvalue weighted by Crippen LogP contribution is 2.32. The molecule has 1 atom stereocenters. The van der Waals surface area contributed by atoms with E-state index in [4.69, 9.17) is 11.6 Å². The number of carbonyl (C=O) groups is 1. The Morgan fingerprint density at radius 3 is 2.67 bits per heavy atom. The Morgan fingerprint density at radius 2 is 2.25 bits per heavy atom. The predicted octanol–water partition coefficient (Wildman–Crippen LogP) is 1.87. The Bertz CT molecular complexity index is 166. The van der Waals surface area contributed by atoms with Crippen molar-refractivity contribution < 1.29 is 4.79 Å². The first kappa shape index (κ1) is 9.85. The van der Waals surface area contributed by atoms with Crippen LogP contribution < -0.4 is 0 Å². The summed E-state index contributed by atoms with van der Waals surface area (Å²) >= 11 is 5.77. The summed E-state index contributed by atoms with van der Waals surface area (Å²) in [5.74, 6) is 0.913. The van der Waals surface area contributed by atoms with Crippen molar-refractivity contribution in [2.24, 2.45) is 5.92 Å². The van der Waals surface area contributed by atoms with Crippen LogP contribution >= 0.6 is 11.6 Å². The van der Waals surface area contributed by atoms with E-state index in [9.17, 15) is 4.79 Å². The molecule has 1 saturated carbocycles. The lowest BCUT2D eigenvalue weighted by atomic mass is 10.2. The molecular formula is C9H16ClNO. The molecule has 0 aromatic carbocycles. The number of alkyl halides is 1. The first-order valence-corrected chi connectivity index (χ1v) is 4.91. The van der Waals surface area contributed by atoms with Crippen LogP contribution in [-0.2, 0) is 4.79 Å². The Balaban J connectivity index is 2.19. The second-order valence-corrected chi connectivity index (χ2v) is 4.45. The van der Waals surface area contributed by atoms with Crippen LogP contribution in [0.5, 0.6) is 0 Å². The van der Waals surface area contributed by atoms with Crippen LogP contribution in [0.15, 0.2) is 0 Å². The minimum atomic E-state index is 0.0538. The number of halogens is 1. The Hall–Kier alpha value is -0.240. The van der Waals surface area contributed by atoms with Gasteiger partial charge in [0.2, 0.25) is 5.91 Å². The maximum Gasteiger partial charge on any atom is 0.222 e. The fraction of sp³-hybridized carbons (Fsp3) is 0.889. The number of nitrogens with zero attached hydrogens (tertiary/aromatic N) is 1. The normalized spacial score (nSPS) is 18.9. The lowest BCUT2D eigenvalue weighted by Gasteiger charge is -2.18. The molecule has 70 valence electrons. The summed E-state index contributed by atoms with van der Waals surface area (Å²) in [5.41, 5.74) is 0. The zero-order chi connectivity index (χ0) is 9.14. The molecule has 0 radical (unpaired) electrons. The van der Waals surface area contributed by atoms with Crippen LogP contribution in [-0.4, -0.2) is 29.8 Å².